The van der Waals surface area contributed by atoms with Gasteiger partial charge in [-0.05, 0) is 12.8 Å². The Morgan fingerprint density at radius 1 is 1.42 bits per heavy atom. The lowest BCUT2D eigenvalue weighted by Gasteiger charge is -2.11. The number of hydrogen-bond donors (Lipinski definition) is 0. The maximum absolute atomic E-state index is 5.31. The van der Waals surface area contributed by atoms with Crippen molar-refractivity contribution in [1.82, 2.24) is 0 Å². The molecule has 4 nitrogen and oxygen atoms in total. The summed E-state index contributed by atoms with van der Waals surface area (Å²) < 4.78 is 15.9. The molecule has 70 valence electrons. The molecule has 5 heteroatoms. The van der Waals surface area contributed by atoms with Crippen molar-refractivity contribution in [2.45, 2.75) is 12.8 Å². The Labute approximate surface area is 73.9 Å². The molecule has 0 aromatic rings. The van der Waals surface area contributed by atoms with Gasteiger partial charge in [-0.15, -0.1) is 0 Å². The van der Waals surface area contributed by atoms with Crippen LogP contribution in [0.5, 0.6) is 0 Å². The SMILES string of the molecule is C/N=C/COP1OCCCCO1. The van der Waals surface area contributed by atoms with Gasteiger partial charge in [0, 0.05) is 13.3 Å². The van der Waals surface area contributed by atoms with Crippen LogP contribution in [0.15, 0.2) is 4.99 Å². The summed E-state index contributed by atoms with van der Waals surface area (Å²) >= 11 is 0. The Morgan fingerprint density at radius 3 is 2.67 bits per heavy atom. The molecular formula is C7H14NO3P. The average Bonchev–Trinajstić information content (AvgIpc) is 2.33. The van der Waals surface area contributed by atoms with E-state index in [1.54, 1.807) is 13.3 Å². The molecule has 1 aliphatic heterocycles. The molecule has 0 aromatic carbocycles. The fourth-order valence-corrected chi connectivity index (χ4v) is 1.73. The first-order valence-corrected chi connectivity index (χ1v) is 5.12. The molecule has 0 aliphatic carbocycles. The van der Waals surface area contributed by atoms with Crippen molar-refractivity contribution < 1.29 is 13.6 Å². The topological polar surface area (TPSA) is 40.0 Å². The highest BCUT2D eigenvalue weighted by Gasteiger charge is 2.14. The molecular weight excluding hydrogens is 177 g/mol. The lowest BCUT2D eigenvalue weighted by Crippen LogP contribution is -1.95. The van der Waals surface area contributed by atoms with Gasteiger partial charge in [0.15, 0.2) is 0 Å². The van der Waals surface area contributed by atoms with Crippen molar-refractivity contribution in [2.24, 2.45) is 4.99 Å². The Morgan fingerprint density at radius 2 is 2.08 bits per heavy atom. The van der Waals surface area contributed by atoms with E-state index < -0.39 is 8.60 Å². The summed E-state index contributed by atoms with van der Waals surface area (Å²) in [5.41, 5.74) is 0. The van der Waals surface area contributed by atoms with Crippen molar-refractivity contribution >= 4 is 14.8 Å². The van der Waals surface area contributed by atoms with Crippen LogP contribution in [0.4, 0.5) is 0 Å². The largest absolute Gasteiger partial charge is 0.333 e. The molecule has 0 bridgehead atoms. The lowest BCUT2D eigenvalue weighted by molar-refractivity contribution is 0.201. The van der Waals surface area contributed by atoms with Crippen LogP contribution in [0.1, 0.15) is 12.8 Å². The zero-order valence-electron chi connectivity index (χ0n) is 7.23. The number of nitrogens with zero attached hydrogens (tertiary/aromatic N) is 1. The number of aliphatic imine (C=N–C) groups is 1. The molecule has 0 saturated carbocycles. The summed E-state index contributed by atoms with van der Waals surface area (Å²) in [6, 6.07) is 0. The van der Waals surface area contributed by atoms with E-state index in [9.17, 15) is 0 Å². The van der Waals surface area contributed by atoms with Crippen LogP contribution in [0, 0.1) is 0 Å². The van der Waals surface area contributed by atoms with Gasteiger partial charge in [0.05, 0.1) is 19.8 Å². The summed E-state index contributed by atoms with van der Waals surface area (Å²) in [7, 11) is 0.613. The lowest BCUT2D eigenvalue weighted by atomic mass is 10.3. The summed E-state index contributed by atoms with van der Waals surface area (Å²) in [6.45, 7) is 1.96. The molecule has 12 heavy (non-hydrogen) atoms. The van der Waals surface area contributed by atoms with E-state index in [1.807, 2.05) is 0 Å². The van der Waals surface area contributed by atoms with E-state index in [-0.39, 0.29) is 0 Å². The Balaban J connectivity index is 2.11. The predicted octanol–water partition coefficient (Wildman–Crippen LogP) is 1.76. The smallest absolute Gasteiger partial charge is 0.312 e. The highest BCUT2D eigenvalue weighted by molar-refractivity contribution is 7.41. The number of rotatable bonds is 3. The predicted molar refractivity (Wildman–Crippen MR) is 48.4 cm³/mol. The molecule has 0 N–H and O–H groups in total. The van der Waals surface area contributed by atoms with E-state index in [0.29, 0.717) is 6.61 Å². The summed E-state index contributed by atoms with van der Waals surface area (Å²) in [5.74, 6) is 0. The van der Waals surface area contributed by atoms with Gasteiger partial charge >= 0.3 is 8.60 Å². The maximum atomic E-state index is 5.31. The van der Waals surface area contributed by atoms with Gasteiger partial charge in [0.2, 0.25) is 0 Å². The standard InChI is InChI=1S/C7H14NO3P/c1-8-4-7-11-12-9-5-2-3-6-10-12/h4H,2-3,5-7H2,1H3/b8-4+. The summed E-state index contributed by atoms with van der Waals surface area (Å²) in [6.07, 6.45) is 3.81. The van der Waals surface area contributed by atoms with Gasteiger partial charge in [-0.25, -0.2) is 0 Å². The zero-order valence-corrected chi connectivity index (χ0v) is 8.13. The van der Waals surface area contributed by atoms with E-state index >= 15 is 0 Å². The molecule has 1 saturated heterocycles. The van der Waals surface area contributed by atoms with Crippen LogP contribution in [0.3, 0.4) is 0 Å². The fourth-order valence-electron chi connectivity index (χ4n) is 0.763. The molecule has 0 amide bonds. The Bertz CT molecular complexity index is 135. The van der Waals surface area contributed by atoms with Crippen LogP contribution in [-0.2, 0) is 13.6 Å². The van der Waals surface area contributed by atoms with E-state index in [0.717, 1.165) is 26.1 Å². The number of hydrogen-bond acceptors (Lipinski definition) is 4. The molecule has 1 rings (SSSR count). The first-order chi connectivity index (χ1) is 5.93. The minimum Gasteiger partial charge on any atom is -0.312 e. The van der Waals surface area contributed by atoms with Gasteiger partial charge in [0.1, 0.15) is 0 Å². The van der Waals surface area contributed by atoms with Crippen molar-refractivity contribution in [3.05, 3.63) is 0 Å². The second-order valence-corrected chi connectivity index (χ2v) is 3.56. The van der Waals surface area contributed by atoms with Crippen molar-refractivity contribution in [1.29, 1.82) is 0 Å². The average molecular weight is 191 g/mol. The zero-order chi connectivity index (χ0) is 8.65. The Kier molecular flexibility index (Phi) is 5.44. The van der Waals surface area contributed by atoms with Gasteiger partial charge < -0.3 is 13.6 Å². The third kappa shape index (κ3) is 4.12. The second kappa shape index (κ2) is 6.49. The van der Waals surface area contributed by atoms with Gasteiger partial charge in [-0.2, -0.15) is 0 Å². The third-order valence-electron chi connectivity index (χ3n) is 1.37. The van der Waals surface area contributed by atoms with Crippen LogP contribution in [0.2, 0.25) is 0 Å². The van der Waals surface area contributed by atoms with E-state index in [2.05, 4.69) is 4.99 Å². The molecule has 0 radical (unpaired) electrons. The van der Waals surface area contributed by atoms with Crippen LogP contribution >= 0.6 is 8.60 Å². The first kappa shape index (κ1) is 10.1. The van der Waals surface area contributed by atoms with Gasteiger partial charge in [-0.1, -0.05) is 0 Å². The third-order valence-corrected chi connectivity index (χ3v) is 2.52. The second-order valence-electron chi connectivity index (χ2n) is 2.33. The summed E-state index contributed by atoms with van der Waals surface area (Å²) in [4.78, 5) is 3.79. The van der Waals surface area contributed by atoms with Crippen molar-refractivity contribution in [3.63, 3.8) is 0 Å². The van der Waals surface area contributed by atoms with Crippen LogP contribution in [-0.4, -0.2) is 33.1 Å². The molecule has 1 heterocycles. The molecule has 0 unspecified atom stereocenters. The van der Waals surface area contributed by atoms with Gasteiger partial charge in [-0.3, -0.25) is 4.99 Å². The van der Waals surface area contributed by atoms with E-state index in [1.165, 1.54) is 0 Å². The molecule has 1 aliphatic rings. The highest BCUT2D eigenvalue weighted by atomic mass is 31.2. The molecule has 0 atom stereocenters. The fraction of sp³-hybridized carbons (Fsp3) is 0.857. The molecule has 0 spiro atoms. The Hall–Kier alpha value is -0.0200. The van der Waals surface area contributed by atoms with Crippen LogP contribution in [0.25, 0.3) is 0 Å². The summed E-state index contributed by atoms with van der Waals surface area (Å²) in [5, 5.41) is 0. The first-order valence-electron chi connectivity index (χ1n) is 4.03. The monoisotopic (exact) mass is 191 g/mol. The normalized spacial score (nSPS) is 21.4. The van der Waals surface area contributed by atoms with Crippen molar-refractivity contribution in [2.75, 3.05) is 26.9 Å². The quantitative estimate of drug-likeness (QED) is 0.504. The minimum absolute atomic E-state index is 0.474. The molecule has 1 fully saturated rings. The molecule has 0 aromatic heterocycles. The van der Waals surface area contributed by atoms with Crippen LogP contribution < -0.4 is 0 Å². The van der Waals surface area contributed by atoms with Gasteiger partial charge in [0.25, 0.3) is 0 Å². The minimum atomic E-state index is -1.10. The van der Waals surface area contributed by atoms with Crippen molar-refractivity contribution in [3.8, 4) is 0 Å². The highest BCUT2D eigenvalue weighted by Crippen LogP contribution is 2.41. The van der Waals surface area contributed by atoms with E-state index in [4.69, 9.17) is 13.6 Å². The maximum Gasteiger partial charge on any atom is 0.333 e.